The van der Waals surface area contributed by atoms with E-state index in [1.165, 1.54) is 6.07 Å². The average Bonchev–Trinajstić information content (AvgIpc) is 2.40. The summed E-state index contributed by atoms with van der Waals surface area (Å²) >= 11 is 5.11. The van der Waals surface area contributed by atoms with Crippen LogP contribution in [-0.4, -0.2) is 10.8 Å². The van der Waals surface area contributed by atoms with Crippen molar-refractivity contribution < 1.29 is 18.0 Å². The van der Waals surface area contributed by atoms with Gasteiger partial charge in [0, 0.05) is 26.0 Å². The summed E-state index contributed by atoms with van der Waals surface area (Å²) < 4.78 is 39.9. The molecule has 20 heavy (non-hydrogen) atoms. The lowest BCUT2D eigenvalue weighted by molar-refractivity contribution is -0.137. The maximum absolute atomic E-state index is 12.9. The zero-order chi connectivity index (χ0) is 14.9. The van der Waals surface area contributed by atoms with Crippen molar-refractivity contribution >= 4 is 44.3 Å². The van der Waals surface area contributed by atoms with Gasteiger partial charge in [-0.05, 0) is 46.9 Å². The molecule has 0 aliphatic carbocycles. The number of pyridine rings is 1. The molecule has 1 aromatic carbocycles. The Balaban J connectivity index is 2.57. The zero-order valence-corrected chi connectivity index (χ0v) is 13.5. The molecule has 0 aliphatic heterocycles. The first-order chi connectivity index (χ1) is 9.30. The predicted molar refractivity (Wildman–Crippen MR) is 79.5 cm³/mol. The van der Waals surface area contributed by atoms with Gasteiger partial charge in [-0.15, -0.1) is 0 Å². The van der Waals surface area contributed by atoms with E-state index in [2.05, 4.69) is 20.9 Å². The van der Waals surface area contributed by atoms with Crippen LogP contribution in [0, 0.1) is 3.57 Å². The molecule has 1 aromatic heterocycles. The lowest BCUT2D eigenvalue weighted by Crippen LogP contribution is -2.15. The predicted octanol–water partition coefficient (Wildman–Crippen LogP) is 4.70. The Morgan fingerprint density at radius 2 is 1.90 bits per heavy atom. The van der Waals surface area contributed by atoms with Crippen molar-refractivity contribution in [1.29, 1.82) is 0 Å². The van der Waals surface area contributed by atoms with E-state index in [0.717, 1.165) is 18.5 Å². The molecule has 0 saturated carbocycles. The normalized spacial score (nSPS) is 11.4. The monoisotopic (exact) mass is 455 g/mol. The second-order valence-corrected chi connectivity index (χ2v) is 5.95. The van der Waals surface area contributed by atoms with E-state index in [1.807, 2.05) is 22.6 Å². The van der Waals surface area contributed by atoms with Crippen LogP contribution in [0.4, 0.5) is 13.2 Å². The van der Waals surface area contributed by atoms with Crippen LogP contribution in [0.1, 0.15) is 21.5 Å². The smallest absolute Gasteiger partial charge is 0.288 e. The van der Waals surface area contributed by atoms with Crippen LogP contribution < -0.4 is 0 Å². The highest BCUT2D eigenvalue weighted by Crippen LogP contribution is 2.33. The Morgan fingerprint density at radius 3 is 2.55 bits per heavy atom. The van der Waals surface area contributed by atoms with Crippen LogP contribution in [0.15, 0.2) is 41.1 Å². The topological polar surface area (TPSA) is 30.0 Å². The van der Waals surface area contributed by atoms with E-state index >= 15 is 0 Å². The fourth-order valence-corrected chi connectivity index (χ4v) is 2.58. The molecule has 2 aromatic rings. The summed E-state index contributed by atoms with van der Waals surface area (Å²) in [6.45, 7) is 0. The number of aromatic nitrogens is 1. The largest absolute Gasteiger partial charge is 0.417 e. The Morgan fingerprint density at radius 1 is 1.20 bits per heavy atom. The summed E-state index contributed by atoms with van der Waals surface area (Å²) in [6.07, 6.45) is -2.63. The van der Waals surface area contributed by atoms with Gasteiger partial charge in [0.25, 0.3) is 0 Å². The summed E-state index contributed by atoms with van der Waals surface area (Å²) in [5, 5.41) is 0. The summed E-state index contributed by atoms with van der Waals surface area (Å²) in [5.41, 5.74) is -1.22. The van der Waals surface area contributed by atoms with Crippen molar-refractivity contribution in [3.05, 3.63) is 61.4 Å². The molecule has 0 N–H and O–H groups in total. The van der Waals surface area contributed by atoms with Gasteiger partial charge < -0.3 is 0 Å². The molecule has 0 unspecified atom stereocenters. The molecule has 0 saturated heterocycles. The van der Waals surface area contributed by atoms with Crippen molar-refractivity contribution in [3.8, 4) is 0 Å². The standard InChI is InChI=1S/C13H6BrF3INO/c14-7-1-2-11(18)8(5-7)12(20)9-6-19-4-3-10(9)13(15,16)17/h1-6H. The third-order valence-electron chi connectivity index (χ3n) is 2.54. The van der Waals surface area contributed by atoms with E-state index in [1.54, 1.807) is 12.1 Å². The Labute approximate surface area is 134 Å². The molecule has 2 rings (SSSR count). The fourth-order valence-electron chi connectivity index (χ4n) is 1.64. The lowest BCUT2D eigenvalue weighted by Gasteiger charge is -2.12. The summed E-state index contributed by atoms with van der Waals surface area (Å²) in [5.74, 6) is -0.698. The highest BCUT2D eigenvalue weighted by atomic mass is 127. The Bertz CT molecular complexity index is 673. The third-order valence-corrected chi connectivity index (χ3v) is 3.98. The van der Waals surface area contributed by atoms with E-state index in [9.17, 15) is 18.0 Å². The molecule has 0 atom stereocenters. The average molecular weight is 456 g/mol. The molecule has 104 valence electrons. The van der Waals surface area contributed by atoms with Gasteiger partial charge in [0.2, 0.25) is 0 Å². The first kappa shape index (κ1) is 15.4. The lowest BCUT2D eigenvalue weighted by atomic mass is 10.0. The number of rotatable bonds is 2. The molecule has 0 bridgehead atoms. The second-order valence-electron chi connectivity index (χ2n) is 3.87. The van der Waals surface area contributed by atoms with E-state index in [-0.39, 0.29) is 5.56 Å². The summed E-state index contributed by atoms with van der Waals surface area (Å²) in [4.78, 5) is 15.9. The van der Waals surface area contributed by atoms with Crippen LogP contribution in [0.2, 0.25) is 0 Å². The minimum atomic E-state index is -4.59. The Hall–Kier alpha value is -0.960. The fraction of sp³-hybridized carbons (Fsp3) is 0.0769. The molecule has 2 nitrogen and oxygen atoms in total. The number of carbonyl (C=O) groups excluding carboxylic acids is 1. The van der Waals surface area contributed by atoms with Gasteiger partial charge in [-0.1, -0.05) is 15.9 Å². The van der Waals surface area contributed by atoms with Gasteiger partial charge in [-0.25, -0.2) is 0 Å². The van der Waals surface area contributed by atoms with E-state index < -0.39 is 23.1 Å². The summed E-state index contributed by atoms with van der Waals surface area (Å²) in [6, 6.07) is 5.67. The second kappa shape index (κ2) is 5.80. The van der Waals surface area contributed by atoms with Crippen LogP contribution in [0.5, 0.6) is 0 Å². The number of carbonyl (C=O) groups is 1. The van der Waals surface area contributed by atoms with E-state index in [0.29, 0.717) is 8.04 Å². The molecule has 1 heterocycles. The van der Waals surface area contributed by atoms with Crippen molar-refractivity contribution in [2.75, 3.05) is 0 Å². The summed E-state index contributed by atoms with van der Waals surface area (Å²) in [7, 11) is 0. The number of nitrogens with zero attached hydrogens (tertiary/aromatic N) is 1. The van der Waals surface area contributed by atoms with Crippen molar-refractivity contribution in [1.82, 2.24) is 4.98 Å². The highest BCUT2D eigenvalue weighted by Gasteiger charge is 2.35. The molecule has 0 spiro atoms. The molecular formula is C13H6BrF3INO. The van der Waals surface area contributed by atoms with Crippen LogP contribution >= 0.6 is 38.5 Å². The van der Waals surface area contributed by atoms with Crippen LogP contribution in [0.25, 0.3) is 0 Å². The van der Waals surface area contributed by atoms with Gasteiger partial charge in [0.15, 0.2) is 5.78 Å². The van der Waals surface area contributed by atoms with Gasteiger partial charge >= 0.3 is 6.18 Å². The van der Waals surface area contributed by atoms with Gasteiger partial charge in [-0.2, -0.15) is 13.2 Å². The first-order valence-electron chi connectivity index (χ1n) is 5.31. The SMILES string of the molecule is O=C(c1cc(Br)ccc1I)c1cnccc1C(F)(F)F. The molecule has 0 amide bonds. The number of hydrogen-bond donors (Lipinski definition) is 0. The minimum Gasteiger partial charge on any atom is -0.288 e. The number of hydrogen-bond acceptors (Lipinski definition) is 2. The minimum absolute atomic E-state index is 0.207. The van der Waals surface area contributed by atoms with Gasteiger partial charge in [-0.3, -0.25) is 9.78 Å². The van der Waals surface area contributed by atoms with Crippen LogP contribution in [-0.2, 0) is 6.18 Å². The van der Waals surface area contributed by atoms with E-state index in [4.69, 9.17) is 0 Å². The molecule has 0 radical (unpaired) electrons. The van der Waals surface area contributed by atoms with Crippen molar-refractivity contribution in [3.63, 3.8) is 0 Å². The number of benzene rings is 1. The zero-order valence-electron chi connectivity index (χ0n) is 9.71. The number of halogens is 5. The van der Waals surface area contributed by atoms with Gasteiger partial charge in [0.05, 0.1) is 11.1 Å². The van der Waals surface area contributed by atoms with Gasteiger partial charge in [0.1, 0.15) is 0 Å². The maximum atomic E-state index is 12.9. The Kier molecular flexibility index (Phi) is 4.48. The number of alkyl halides is 3. The highest BCUT2D eigenvalue weighted by molar-refractivity contribution is 14.1. The third kappa shape index (κ3) is 3.20. The molecule has 7 heteroatoms. The molecular weight excluding hydrogens is 450 g/mol. The van der Waals surface area contributed by atoms with Crippen molar-refractivity contribution in [2.24, 2.45) is 0 Å². The maximum Gasteiger partial charge on any atom is 0.417 e. The number of ketones is 1. The van der Waals surface area contributed by atoms with Crippen molar-refractivity contribution in [2.45, 2.75) is 6.18 Å². The molecule has 0 aliphatic rings. The quantitative estimate of drug-likeness (QED) is 0.485. The van der Waals surface area contributed by atoms with Crippen LogP contribution in [0.3, 0.4) is 0 Å². The first-order valence-corrected chi connectivity index (χ1v) is 7.19. The molecule has 0 fully saturated rings.